The lowest BCUT2D eigenvalue weighted by Crippen LogP contribution is -2.54. The lowest BCUT2D eigenvalue weighted by Gasteiger charge is -2.38. The number of carbonyl (C=O) groups excluding carboxylic acids is 3. The Balaban J connectivity index is 1.56. The molecule has 0 atom stereocenters. The van der Waals surface area contributed by atoms with Gasteiger partial charge in [0.2, 0.25) is 11.8 Å². The Hall–Kier alpha value is -3.29. The Morgan fingerprint density at radius 1 is 0.963 bits per heavy atom. The average Bonchev–Trinajstić information content (AvgIpc) is 2.55. The Labute approximate surface area is 154 Å². The van der Waals surface area contributed by atoms with Crippen LogP contribution in [0.3, 0.4) is 0 Å². The van der Waals surface area contributed by atoms with Gasteiger partial charge in [0.15, 0.2) is 11.6 Å². The quantitative estimate of drug-likeness (QED) is 0.865. The van der Waals surface area contributed by atoms with Crippen LogP contribution in [0.1, 0.15) is 17.3 Å². The van der Waals surface area contributed by atoms with E-state index in [1.165, 1.54) is 17.9 Å². The number of amides is 3. The molecule has 6 nitrogen and oxygen atoms in total. The molecule has 3 rings (SSSR count). The monoisotopic (exact) mass is 373 g/mol. The number of nitrogens with one attached hydrogen (secondary N) is 2. The summed E-state index contributed by atoms with van der Waals surface area (Å²) in [5.74, 6) is -3.44. The molecular formula is C19H17F2N3O3. The van der Waals surface area contributed by atoms with E-state index >= 15 is 0 Å². The van der Waals surface area contributed by atoms with Gasteiger partial charge in [-0.15, -0.1) is 0 Å². The second-order valence-electron chi connectivity index (χ2n) is 6.29. The third-order valence-corrected chi connectivity index (χ3v) is 4.16. The summed E-state index contributed by atoms with van der Waals surface area (Å²) < 4.78 is 26.2. The number of benzene rings is 2. The van der Waals surface area contributed by atoms with Gasteiger partial charge in [0, 0.05) is 37.0 Å². The fourth-order valence-electron chi connectivity index (χ4n) is 2.74. The topological polar surface area (TPSA) is 78.5 Å². The molecule has 0 radical (unpaired) electrons. The molecule has 140 valence electrons. The van der Waals surface area contributed by atoms with Crippen molar-refractivity contribution in [2.24, 2.45) is 5.92 Å². The van der Waals surface area contributed by atoms with Crippen LogP contribution in [0.2, 0.25) is 0 Å². The van der Waals surface area contributed by atoms with Crippen molar-refractivity contribution in [2.75, 3.05) is 23.7 Å². The molecule has 1 heterocycles. The third kappa shape index (κ3) is 4.28. The zero-order valence-corrected chi connectivity index (χ0v) is 14.5. The lowest BCUT2D eigenvalue weighted by atomic mass is 9.97. The first kappa shape index (κ1) is 18.5. The maximum absolute atomic E-state index is 13.2. The zero-order valence-electron chi connectivity index (χ0n) is 14.5. The molecule has 0 aliphatic carbocycles. The highest BCUT2D eigenvalue weighted by Crippen LogP contribution is 2.22. The Morgan fingerprint density at radius 2 is 1.63 bits per heavy atom. The smallest absolute Gasteiger partial charge is 0.254 e. The van der Waals surface area contributed by atoms with E-state index in [1.807, 2.05) is 0 Å². The summed E-state index contributed by atoms with van der Waals surface area (Å²) in [7, 11) is 0. The van der Waals surface area contributed by atoms with Crippen LogP contribution in [0.4, 0.5) is 20.2 Å². The number of nitrogens with zero attached hydrogens (tertiary/aromatic N) is 1. The predicted molar refractivity (Wildman–Crippen MR) is 95.1 cm³/mol. The van der Waals surface area contributed by atoms with Crippen molar-refractivity contribution in [2.45, 2.75) is 6.92 Å². The number of hydrogen-bond donors (Lipinski definition) is 2. The number of halogens is 2. The Kier molecular flexibility index (Phi) is 5.16. The normalized spacial score (nSPS) is 13.7. The second-order valence-corrected chi connectivity index (χ2v) is 6.29. The van der Waals surface area contributed by atoms with Crippen molar-refractivity contribution in [3.63, 3.8) is 0 Å². The highest BCUT2D eigenvalue weighted by Gasteiger charge is 2.36. The number of anilines is 2. The fourth-order valence-corrected chi connectivity index (χ4v) is 2.74. The molecule has 0 aromatic heterocycles. The first-order valence-corrected chi connectivity index (χ1v) is 8.26. The number of likely N-dealkylation sites (tertiary alicyclic amines) is 1. The summed E-state index contributed by atoms with van der Waals surface area (Å²) in [6.45, 7) is 1.77. The van der Waals surface area contributed by atoms with Gasteiger partial charge in [-0.3, -0.25) is 14.4 Å². The van der Waals surface area contributed by atoms with Gasteiger partial charge in [-0.25, -0.2) is 8.78 Å². The molecule has 2 aromatic carbocycles. The summed E-state index contributed by atoms with van der Waals surface area (Å²) in [5, 5.41) is 5.36. The number of carbonyl (C=O) groups is 3. The third-order valence-electron chi connectivity index (χ3n) is 4.16. The van der Waals surface area contributed by atoms with Crippen LogP contribution in [0.5, 0.6) is 0 Å². The second kappa shape index (κ2) is 7.53. The molecule has 0 unspecified atom stereocenters. The molecule has 0 saturated carbocycles. The van der Waals surface area contributed by atoms with Crippen LogP contribution >= 0.6 is 0 Å². The van der Waals surface area contributed by atoms with Gasteiger partial charge in [0.05, 0.1) is 5.92 Å². The molecule has 0 bridgehead atoms. The lowest BCUT2D eigenvalue weighted by molar-refractivity contribution is -0.123. The van der Waals surface area contributed by atoms with Gasteiger partial charge in [0.1, 0.15) is 0 Å². The van der Waals surface area contributed by atoms with Gasteiger partial charge >= 0.3 is 0 Å². The molecule has 1 fully saturated rings. The van der Waals surface area contributed by atoms with Crippen LogP contribution in [0.15, 0.2) is 42.5 Å². The molecule has 1 aliphatic rings. The summed E-state index contributed by atoms with van der Waals surface area (Å²) in [6.07, 6.45) is 0. The first-order chi connectivity index (χ1) is 12.8. The molecular weight excluding hydrogens is 356 g/mol. The average molecular weight is 373 g/mol. The molecule has 27 heavy (non-hydrogen) atoms. The maximum Gasteiger partial charge on any atom is 0.254 e. The highest BCUT2D eigenvalue weighted by atomic mass is 19.2. The van der Waals surface area contributed by atoms with E-state index in [9.17, 15) is 23.2 Å². The van der Waals surface area contributed by atoms with E-state index in [2.05, 4.69) is 10.6 Å². The van der Waals surface area contributed by atoms with Gasteiger partial charge in [-0.1, -0.05) is 6.07 Å². The van der Waals surface area contributed by atoms with Crippen LogP contribution in [-0.4, -0.2) is 35.7 Å². The summed E-state index contributed by atoms with van der Waals surface area (Å²) >= 11 is 0. The number of rotatable bonds is 4. The molecule has 8 heteroatoms. The van der Waals surface area contributed by atoms with E-state index in [0.29, 0.717) is 11.4 Å². The maximum atomic E-state index is 13.2. The van der Waals surface area contributed by atoms with E-state index in [0.717, 1.165) is 12.1 Å². The van der Waals surface area contributed by atoms with Crippen LogP contribution in [-0.2, 0) is 9.59 Å². The Morgan fingerprint density at radius 3 is 2.26 bits per heavy atom. The van der Waals surface area contributed by atoms with Crippen molar-refractivity contribution in [1.29, 1.82) is 0 Å². The minimum atomic E-state index is -1.09. The van der Waals surface area contributed by atoms with Crippen molar-refractivity contribution in [3.05, 3.63) is 59.7 Å². The van der Waals surface area contributed by atoms with Gasteiger partial charge in [0.25, 0.3) is 5.91 Å². The van der Waals surface area contributed by atoms with E-state index in [4.69, 9.17) is 0 Å². The van der Waals surface area contributed by atoms with Gasteiger partial charge < -0.3 is 15.5 Å². The molecule has 0 spiro atoms. The molecule has 1 aliphatic heterocycles. The van der Waals surface area contributed by atoms with Crippen LogP contribution < -0.4 is 10.6 Å². The van der Waals surface area contributed by atoms with Crippen molar-refractivity contribution < 1.29 is 23.2 Å². The van der Waals surface area contributed by atoms with E-state index < -0.39 is 23.5 Å². The zero-order chi connectivity index (χ0) is 19.6. The van der Waals surface area contributed by atoms with Crippen LogP contribution in [0, 0.1) is 17.6 Å². The summed E-state index contributed by atoms with van der Waals surface area (Å²) in [4.78, 5) is 37.0. The standard InChI is InChI=1S/C19H17F2N3O3/c1-11(25)22-14-3-2-4-15(8-14)23-18(26)13-9-24(10-13)19(27)12-5-6-16(20)17(21)7-12/h2-8,13H,9-10H2,1H3,(H,22,25)(H,23,26). The van der Waals surface area contributed by atoms with Gasteiger partial charge in [-0.05, 0) is 36.4 Å². The largest absolute Gasteiger partial charge is 0.337 e. The van der Waals surface area contributed by atoms with Crippen molar-refractivity contribution >= 4 is 29.1 Å². The van der Waals surface area contributed by atoms with Crippen molar-refractivity contribution in [1.82, 2.24) is 4.90 Å². The minimum absolute atomic E-state index is 0.0377. The summed E-state index contributed by atoms with van der Waals surface area (Å²) in [6, 6.07) is 9.66. The van der Waals surface area contributed by atoms with Crippen LogP contribution in [0.25, 0.3) is 0 Å². The molecule has 2 N–H and O–H groups in total. The van der Waals surface area contributed by atoms with E-state index in [-0.39, 0.29) is 30.5 Å². The fraction of sp³-hybridized carbons (Fsp3) is 0.211. The van der Waals surface area contributed by atoms with Gasteiger partial charge in [-0.2, -0.15) is 0 Å². The summed E-state index contributed by atoms with van der Waals surface area (Å²) in [5.41, 5.74) is 1.12. The minimum Gasteiger partial charge on any atom is -0.337 e. The molecule has 3 amide bonds. The predicted octanol–water partition coefficient (Wildman–Crippen LogP) is 2.63. The number of hydrogen-bond acceptors (Lipinski definition) is 3. The first-order valence-electron chi connectivity index (χ1n) is 8.26. The Bertz CT molecular complexity index is 911. The molecule has 1 saturated heterocycles. The highest BCUT2D eigenvalue weighted by molar-refractivity contribution is 5.99. The SMILES string of the molecule is CC(=O)Nc1cccc(NC(=O)C2CN(C(=O)c3ccc(F)c(F)c3)C2)c1. The van der Waals surface area contributed by atoms with E-state index in [1.54, 1.807) is 24.3 Å². The molecule has 2 aromatic rings. The van der Waals surface area contributed by atoms with Crippen molar-refractivity contribution in [3.8, 4) is 0 Å².